The molecule has 0 amide bonds. The van der Waals surface area contributed by atoms with Crippen LogP contribution in [0.3, 0.4) is 0 Å². The normalized spacial score (nSPS) is 14.0. The number of hydrogen-bond donors (Lipinski definition) is 1. The van der Waals surface area contributed by atoms with Gasteiger partial charge in [0.05, 0.1) is 17.8 Å². The molecule has 2 aromatic heterocycles. The summed E-state index contributed by atoms with van der Waals surface area (Å²) in [7, 11) is 0. The van der Waals surface area contributed by atoms with Crippen molar-refractivity contribution in [3.63, 3.8) is 0 Å². The van der Waals surface area contributed by atoms with E-state index in [-0.39, 0.29) is 6.42 Å². The molecule has 5 rings (SSSR count). The van der Waals surface area contributed by atoms with Crippen LogP contribution in [0.4, 0.5) is 0 Å². The fourth-order valence-electron chi connectivity index (χ4n) is 3.97. The number of carboxylic acid groups (broad SMARTS) is 1. The molecule has 0 saturated heterocycles. The van der Waals surface area contributed by atoms with Crippen molar-refractivity contribution in [2.45, 2.75) is 32.1 Å². The standard InChI is InChI=1S/C21H18N2O2S/c24-19(25)12-17-20(15-10-9-13-5-1-2-6-14(13)11-15)22-21-23(17)16-7-3-4-8-18(16)26-21/h1-2,5-6,9-11H,3-4,7-8,12H2,(H,24,25). The van der Waals surface area contributed by atoms with Gasteiger partial charge >= 0.3 is 5.97 Å². The molecule has 0 unspecified atom stereocenters. The summed E-state index contributed by atoms with van der Waals surface area (Å²) >= 11 is 1.72. The lowest BCUT2D eigenvalue weighted by Gasteiger charge is -2.12. The highest BCUT2D eigenvalue weighted by atomic mass is 32.1. The monoisotopic (exact) mass is 362 g/mol. The van der Waals surface area contributed by atoms with E-state index in [9.17, 15) is 9.90 Å². The molecule has 4 nitrogen and oxygen atoms in total. The van der Waals surface area contributed by atoms with Gasteiger partial charge in [-0.25, -0.2) is 4.98 Å². The molecule has 0 atom stereocenters. The van der Waals surface area contributed by atoms with Gasteiger partial charge in [-0.05, 0) is 42.5 Å². The molecule has 5 heteroatoms. The van der Waals surface area contributed by atoms with E-state index in [1.807, 2.05) is 18.2 Å². The Bertz CT molecular complexity index is 1160. The molecule has 1 aliphatic carbocycles. The number of rotatable bonds is 3. The Labute approximate surface area is 154 Å². The van der Waals surface area contributed by atoms with Crippen molar-refractivity contribution in [2.24, 2.45) is 0 Å². The Kier molecular flexibility index (Phi) is 3.57. The molecular weight excluding hydrogens is 344 g/mol. The first-order chi connectivity index (χ1) is 12.7. The first-order valence-electron chi connectivity index (χ1n) is 8.93. The van der Waals surface area contributed by atoms with E-state index in [0.29, 0.717) is 0 Å². The smallest absolute Gasteiger partial charge is 0.309 e. The highest BCUT2D eigenvalue weighted by Crippen LogP contribution is 2.36. The summed E-state index contributed by atoms with van der Waals surface area (Å²) in [6, 6.07) is 14.4. The Hall–Kier alpha value is -2.66. The van der Waals surface area contributed by atoms with Gasteiger partial charge in [-0.2, -0.15) is 0 Å². The number of nitrogens with zero attached hydrogens (tertiary/aromatic N) is 2. The second kappa shape index (κ2) is 5.95. The summed E-state index contributed by atoms with van der Waals surface area (Å²) in [5.74, 6) is -0.815. The van der Waals surface area contributed by atoms with Crippen LogP contribution in [0, 0.1) is 0 Å². The summed E-state index contributed by atoms with van der Waals surface area (Å²) in [6.07, 6.45) is 4.46. The molecule has 0 radical (unpaired) electrons. The van der Waals surface area contributed by atoms with E-state index in [2.05, 4.69) is 28.7 Å². The molecule has 4 aromatic rings. The van der Waals surface area contributed by atoms with Gasteiger partial charge in [0.15, 0.2) is 4.96 Å². The maximum atomic E-state index is 11.6. The molecule has 2 heterocycles. The molecule has 130 valence electrons. The zero-order chi connectivity index (χ0) is 17.7. The second-order valence-corrected chi connectivity index (χ2v) is 7.90. The third-order valence-corrected chi connectivity index (χ3v) is 6.30. The number of fused-ring (bicyclic) bond motifs is 4. The van der Waals surface area contributed by atoms with Crippen LogP contribution >= 0.6 is 11.3 Å². The number of aromatic nitrogens is 2. The number of aryl methyl sites for hydroxylation is 2. The highest BCUT2D eigenvalue weighted by Gasteiger charge is 2.24. The molecule has 0 aliphatic heterocycles. The number of carbonyl (C=O) groups is 1. The zero-order valence-corrected chi connectivity index (χ0v) is 15.1. The van der Waals surface area contributed by atoms with Crippen LogP contribution in [-0.2, 0) is 24.1 Å². The molecule has 0 saturated carbocycles. The minimum Gasteiger partial charge on any atom is -0.481 e. The Morgan fingerprint density at radius 2 is 1.92 bits per heavy atom. The van der Waals surface area contributed by atoms with E-state index < -0.39 is 5.97 Å². The second-order valence-electron chi connectivity index (χ2n) is 6.84. The fraction of sp³-hybridized carbons (Fsp3) is 0.238. The van der Waals surface area contributed by atoms with Crippen LogP contribution in [0.2, 0.25) is 0 Å². The molecule has 0 spiro atoms. The SMILES string of the molecule is O=C(O)Cc1c(-c2ccc3ccccc3c2)nc2sc3c(n12)CCCC3. The molecule has 1 aliphatic rings. The number of thiazole rings is 1. The topological polar surface area (TPSA) is 54.6 Å². The van der Waals surface area contributed by atoms with Crippen molar-refractivity contribution in [1.82, 2.24) is 9.38 Å². The van der Waals surface area contributed by atoms with Crippen molar-refractivity contribution in [3.05, 3.63) is 58.7 Å². The predicted octanol–water partition coefficient (Wildman–Crippen LogP) is 4.72. The third kappa shape index (κ3) is 2.42. The van der Waals surface area contributed by atoms with Gasteiger partial charge in [0.2, 0.25) is 0 Å². The van der Waals surface area contributed by atoms with E-state index in [4.69, 9.17) is 4.98 Å². The summed E-state index contributed by atoms with van der Waals surface area (Å²) in [6.45, 7) is 0. The van der Waals surface area contributed by atoms with Gasteiger partial charge in [0.1, 0.15) is 0 Å². The number of imidazole rings is 1. The number of aliphatic carboxylic acids is 1. The maximum Gasteiger partial charge on any atom is 0.309 e. The summed E-state index contributed by atoms with van der Waals surface area (Å²) < 4.78 is 2.12. The quantitative estimate of drug-likeness (QED) is 0.574. The van der Waals surface area contributed by atoms with Crippen LogP contribution in [0.1, 0.15) is 29.1 Å². The zero-order valence-electron chi connectivity index (χ0n) is 14.2. The van der Waals surface area contributed by atoms with Gasteiger partial charge in [-0.3, -0.25) is 9.20 Å². The van der Waals surface area contributed by atoms with Crippen molar-refractivity contribution in [3.8, 4) is 11.3 Å². The number of carboxylic acids is 1. The van der Waals surface area contributed by atoms with Gasteiger partial charge in [0.25, 0.3) is 0 Å². The lowest BCUT2D eigenvalue weighted by atomic mass is 10.0. The Balaban J connectivity index is 1.75. The van der Waals surface area contributed by atoms with Crippen molar-refractivity contribution >= 4 is 33.0 Å². The summed E-state index contributed by atoms with van der Waals surface area (Å²) in [4.78, 5) is 18.7. The van der Waals surface area contributed by atoms with E-state index in [1.165, 1.54) is 22.4 Å². The van der Waals surface area contributed by atoms with Gasteiger partial charge < -0.3 is 5.11 Å². The molecule has 1 N–H and O–H groups in total. The van der Waals surface area contributed by atoms with Crippen molar-refractivity contribution < 1.29 is 9.90 Å². The van der Waals surface area contributed by atoms with Crippen LogP contribution in [-0.4, -0.2) is 20.5 Å². The molecule has 0 fully saturated rings. The minimum absolute atomic E-state index is 0.00744. The fourth-order valence-corrected chi connectivity index (χ4v) is 5.20. The van der Waals surface area contributed by atoms with E-state index in [0.717, 1.165) is 46.6 Å². The number of benzene rings is 2. The average Bonchev–Trinajstić information content (AvgIpc) is 3.18. The summed E-state index contributed by atoms with van der Waals surface area (Å²) in [5.41, 5.74) is 3.87. The predicted molar refractivity (Wildman–Crippen MR) is 104 cm³/mol. The minimum atomic E-state index is -0.815. The van der Waals surface area contributed by atoms with Crippen molar-refractivity contribution in [2.75, 3.05) is 0 Å². The Morgan fingerprint density at radius 1 is 1.12 bits per heavy atom. The largest absolute Gasteiger partial charge is 0.481 e. The van der Waals surface area contributed by atoms with Crippen LogP contribution in [0.25, 0.3) is 27.0 Å². The van der Waals surface area contributed by atoms with Crippen LogP contribution < -0.4 is 0 Å². The van der Waals surface area contributed by atoms with Crippen LogP contribution in [0.5, 0.6) is 0 Å². The molecule has 0 bridgehead atoms. The lowest BCUT2D eigenvalue weighted by molar-refractivity contribution is -0.136. The first kappa shape index (κ1) is 15.6. The highest BCUT2D eigenvalue weighted by molar-refractivity contribution is 7.17. The third-order valence-electron chi connectivity index (χ3n) is 5.16. The van der Waals surface area contributed by atoms with Gasteiger partial charge in [0, 0.05) is 16.1 Å². The van der Waals surface area contributed by atoms with E-state index >= 15 is 0 Å². The lowest BCUT2D eigenvalue weighted by Crippen LogP contribution is -2.09. The van der Waals surface area contributed by atoms with Gasteiger partial charge in [-0.15, -0.1) is 11.3 Å². The number of hydrogen-bond acceptors (Lipinski definition) is 3. The van der Waals surface area contributed by atoms with Crippen LogP contribution in [0.15, 0.2) is 42.5 Å². The summed E-state index contributed by atoms with van der Waals surface area (Å²) in [5, 5.41) is 11.8. The average molecular weight is 362 g/mol. The first-order valence-corrected chi connectivity index (χ1v) is 9.75. The maximum absolute atomic E-state index is 11.6. The molecule has 26 heavy (non-hydrogen) atoms. The Morgan fingerprint density at radius 3 is 2.77 bits per heavy atom. The molecule has 2 aromatic carbocycles. The van der Waals surface area contributed by atoms with Crippen molar-refractivity contribution in [1.29, 1.82) is 0 Å². The molecular formula is C21H18N2O2S. The van der Waals surface area contributed by atoms with E-state index in [1.54, 1.807) is 11.3 Å². The van der Waals surface area contributed by atoms with Gasteiger partial charge in [-0.1, -0.05) is 36.4 Å².